The van der Waals surface area contributed by atoms with Gasteiger partial charge in [-0.05, 0) is 47.9 Å². The highest BCUT2D eigenvalue weighted by molar-refractivity contribution is 9.10. The average Bonchev–Trinajstić information content (AvgIpc) is 2.45. The first-order valence-electron chi connectivity index (χ1n) is 6.28. The van der Waals surface area contributed by atoms with E-state index in [0.29, 0.717) is 10.9 Å². The van der Waals surface area contributed by atoms with Crippen molar-refractivity contribution in [1.82, 2.24) is 0 Å². The normalized spacial score (nSPS) is 12.2. The largest absolute Gasteiger partial charge is 0.496 e. The number of methoxy groups -OCH3 is 1. The van der Waals surface area contributed by atoms with Crippen molar-refractivity contribution in [1.29, 1.82) is 0 Å². The Labute approximate surface area is 138 Å². The van der Waals surface area contributed by atoms with E-state index >= 15 is 0 Å². The van der Waals surface area contributed by atoms with Gasteiger partial charge in [-0.25, -0.2) is 0 Å². The van der Waals surface area contributed by atoms with Crippen LogP contribution in [0.5, 0.6) is 5.75 Å². The summed E-state index contributed by atoms with van der Waals surface area (Å²) >= 11 is 15.7. The summed E-state index contributed by atoms with van der Waals surface area (Å²) in [6, 6.07) is 13.9. The van der Waals surface area contributed by atoms with Crippen LogP contribution >= 0.6 is 39.1 Å². The third-order valence-electron chi connectivity index (χ3n) is 3.22. The molecule has 2 aromatic rings. The summed E-state index contributed by atoms with van der Waals surface area (Å²) in [6.45, 7) is 0. The third-order valence-corrected chi connectivity index (χ3v) is 4.32. The lowest BCUT2D eigenvalue weighted by molar-refractivity contribution is 0.408. The molecule has 0 saturated heterocycles. The number of halogens is 3. The van der Waals surface area contributed by atoms with Crippen molar-refractivity contribution < 1.29 is 4.74 Å². The van der Waals surface area contributed by atoms with Crippen LogP contribution in [0.15, 0.2) is 46.9 Å². The maximum atomic E-state index is 6.15. The molecule has 106 valence electrons. The molecule has 2 rings (SSSR count). The van der Waals surface area contributed by atoms with Crippen LogP contribution in [0.3, 0.4) is 0 Å². The first kappa shape index (κ1) is 15.7. The molecule has 0 aromatic heterocycles. The molecule has 0 heterocycles. The standard InChI is InChI=1S/C16H15BrCl2O/c1-20-16-6-5-15(19)9-12(16)7-13(10-18)11-3-2-4-14(17)8-11/h2-6,8-9,13H,7,10H2,1H3. The van der Waals surface area contributed by atoms with Gasteiger partial charge in [0.05, 0.1) is 7.11 Å². The minimum atomic E-state index is 0.224. The molecule has 0 aliphatic heterocycles. The van der Waals surface area contributed by atoms with Crippen molar-refractivity contribution in [2.45, 2.75) is 12.3 Å². The molecule has 20 heavy (non-hydrogen) atoms. The fourth-order valence-electron chi connectivity index (χ4n) is 2.19. The highest BCUT2D eigenvalue weighted by Crippen LogP contribution is 2.30. The number of benzene rings is 2. The Morgan fingerprint density at radius 3 is 2.65 bits per heavy atom. The lowest BCUT2D eigenvalue weighted by Gasteiger charge is -2.17. The molecule has 4 heteroatoms. The molecule has 0 spiro atoms. The maximum absolute atomic E-state index is 6.15. The van der Waals surface area contributed by atoms with Crippen LogP contribution in [0, 0.1) is 0 Å². The highest BCUT2D eigenvalue weighted by Gasteiger charge is 2.15. The lowest BCUT2D eigenvalue weighted by Crippen LogP contribution is -2.06. The molecule has 0 aliphatic rings. The van der Waals surface area contributed by atoms with Crippen LogP contribution in [0.4, 0.5) is 0 Å². The van der Waals surface area contributed by atoms with Gasteiger partial charge in [0.1, 0.15) is 5.75 Å². The topological polar surface area (TPSA) is 9.23 Å². The van der Waals surface area contributed by atoms with Gasteiger partial charge < -0.3 is 4.74 Å². The molecule has 0 bridgehead atoms. The predicted octanol–water partition coefficient (Wildman–Crippen LogP) is 5.68. The molecule has 1 unspecified atom stereocenters. The maximum Gasteiger partial charge on any atom is 0.122 e. The van der Waals surface area contributed by atoms with E-state index in [-0.39, 0.29) is 5.92 Å². The first-order chi connectivity index (χ1) is 9.63. The number of ether oxygens (including phenoxy) is 1. The second-order valence-corrected chi connectivity index (χ2v) is 6.23. The van der Waals surface area contributed by atoms with Crippen molar-refractivity contribution in [3.05, 3.63) is 63.1 Å². The van der Waals surface area contributed by atoms with Crippen LogP contribution < -0.4 is 4.74 Å². The Morgan fingerprint density at radius 1 is 1.20 bits per heavy atom. The SMILES string of the molecule is COc1ccc(Cl)cc1CC(CCl)c1cccc(Br)c1. The first-order valence-corrected chi connectivity index (χ1v) is 7.98. The second kappa shape index (κ2) is 7.35. The smallest absolute Gasteiger partial charge is 0.122 e. The van der Waals surface area contributed by atoms with Gasteiger partial charge in [0.2, 0.25) is 0 Å². The summed E-state index contributed by atoms with van der Waals surface area (Å²) in [6.07, 6.45) is 0.795. The Morgan fingerprint density at radius 2 is 2.00 bits per heavy atom. The Bertz CT molecular complexity index is 586. The number of rotatable bonds is 5. The Kier molecular flexibility index (Phi) is 5.76. The van der Waals surface area contributed by atoms with Gasteiger partial charge in [-0.15, -0.1) is 11.6 Å². The number of alkyl halides is 1. The summed E-state index contributed by atoms with van der Waals surface area (Å²) in [4.78, 5) is 0. The molecular weight excluding hydrogens is 359 g/mol. The van der Waals surface area contributed by atoms with E-state index in [1.807, 2.05) is 30.3 Å². The number of hydrogen-bond acceptors (Lipinski definition) is 1. The molecule has 0 fully saturated rings. The van der Waals surface area contributed by atoms with Crippen LogP contribution in [0.1, 0.15) is 17.0 Å². The van der Waals surface area contributed by atoms with E-state index in [9.17, 15) is 0 Å². The highest BCUT2D eigenvalue weighted by atomic mass is 79.9. The summed E-state index contributed by atoms with van der Waals surface area (Å²) in [5.74, 6) is 1.62. The summed E-state index contributed by atoms with van der Waals surface area (Å²) in [5.41, 5.74) is 2.28. The molecule has 0 aliphatic carbocycles. The van der Waals surface area contributed by atoms with Gasteiger partial charge in [-0.1, -0.05) is 39.7 Å². The van der Waals surface area contributed by atoms with Crippen molar-refractivity contribution in [3.63, 3.8) is 0 Å². The van der Waals surface area contributed by atoms with Crippen LogP contribution in [0.25, 0.3) is 0 Å². The quantitative estimate of drug-likeness (QED) is 0.613. The van der Waals surface area contributed by atoms with Gasteiger partial charge >= 0.3 is 0 Å². The van der Waals surface area contributed by atoms with E-state index in [2.05, 4.69) is 28.1 Å². The van der Waals surface area contributed by atoms with E-state index in [1.54, 1.807) is 7.11 Å². The minimum absolute atomic E-state index is 0.224. The number of hydrogen-bond donors (Lipinski definition) is 0. The molecule has 0 saturated carbocycles. The average molecular weight is 374 g/mol. The van der Waals surface area contributed by atoms with Gasteiger partial charge in [-0.3, -0.25) is 0 Å². The van der Waals surface area contributed by atoms with Crippen molar-refractivity contribution >= 4 is 39.1 Å². The molecule has 1 atom stereocenters. The fourth-order valence-corrected chi connectivity index (χ4v) is 3.09. The second-order valence-electron chi connectivity index (χ2n) is 4.57. The zero-order chi connectivity index (χ0) is 14.5. The predicted molar refractivity (Wildman–Crippen MR) is 89.3 cm³/mol. The molecule has 0 N–H and O–H groups in total. The fraction of sp³-hybridized carbons (Fsp3) is 0.250. The van der Waals surface area contributed by atoms with Crippen LogP contribution in [0.2, 0.25) is 5.02 Å². The molecule has 0 amide bonds. The molecule has 1 nitrogen and oxygen atoms in total. The molecule has 0 radical (unpaired) electrons. The van der Waals surface area contributed by atoms with Gasteiger partial charge in [-0.2, -0.15) is 0 Å². The van der Waals surface area contributed by atoms with Gasteiger partial charge in [0.25, 0.3) is 0 Å². The van der Waals surface area contributed by atoms with Crippen LogP contribution in [-0.4, -0.2) is 13.0 Å². The third kappa shape index (κ3) is 3.91. The summed E-state index contributed by atoms with van der Waals surface area (Å²) in [5, 5.41) is 0.711. The van der Waals surface area contributed by atoms with Gasteiger partial charge in [0, 0.05) is 21.3 Å². The Hall–Kier alpha value is -0.700. The van der Waals surface area contributed by atoms with E-state index in [0.717, 1.165) is 22.2 Å². The summed E-state index contributed by atoms with van der Waals surface area (Å²) < 4.78 is 6.45. The van der Waals surface area contributed by atoms with Crippen LogP contribution in [-0.2, 0) is 6.42 Å². The Balaban J connectivity index is 2.28. The van der Waals surface area contributed by atoms with E-state index < -0.39 is 0 Å². The lowest BCUT2D eigenvalue weighted by atomic mass is 9.93. The van der Waals surface area contributed by atoms with Crippen molar-refractivity contribution in [2.24, 2.45) is 0 Å². The van der Waals surface area contributed by atoms with Crippen molar-refractivity contribution in [2.75, 3.05) is 13.0 Å². The van der Waals surface area contributed by atoms with E-state index in [1.165, 1.54) is 5.56 Å². The zero-order valence-corrected chi connectivity index (χ0v) is 14.2. The minimum Gasteiger partial charge on any atom is -0.496 e. The van der Waals surface area contributed by atoms with Crippen molar-refractivity contribution in [3.8, 4) is 5.75 Å². The zero-order valence-electron chi connectivity index (χ0n) is 11.1. The monoisotopic (exact) mass is 372 g/mol. The van der Waals surface area contributed by atoms with Gasteiger partial charge in [0.15, 0.2) is 0 Å². The molecule has 2 aromatic carbocycles. The summed E-state index contributed by atoms with van der Waals surface area (Å²) in [7, 11) is 1.67. The molecular formula is C16H15BrCl2O. The van der Waals surface area contributed by atoms with E-state index in [4.69, 9.17) is 27.9 Å².